The molecule has 1 fully saturated rings. The second kappa shape index (κ2) is 5.07. The fraction of sp³-hybridized carbons (Fsp3) is 0.333. The highest BCUT2D eigenvalue weighted by Crippen LogP contribution is 2.25. The minimum absolute atomic E-state index is 0.0561. The summed E-state index contributed by atoms with van der Waals surface area (Å²) in [5.74, 6) is 0.704. The summed E-state index contributed by atoms with van der Waals surface area (Å²) in [6, 6.07) is 0.445. The highest BCUT2D eigenvalue weighted by Gasteiger charge is 2.28. The van der Waals surface area contributed by atoms with Crippen LogP contribution in [0, 0.1) is 6.57 Å². The van der Waals surface area contributed by atoms with E-state index >= 15 is 0 Å². The Kier molecular flexibility index (Phi) is 3.26. The molecule has 1 aliphatic carbocycles. The van der Waals surface area contributed by atoms with E-state index in [1.54, 1.807) is 10.8 Å². The van der Waals surface area contributed by atoms with Gasteiger partial charge < -0.3 is 15.3 Å². The molecule has 0 aliphatic heterocycles. The predicted octanol–water partition coefficient (Wildman–Crippen LogP) is 1.73. The largest absolute Gasteiger partial charge is 0.460 e. The van der Waals surface area contributed by atoms with Crippen molar-refractivity contribution in [3.05, 3.63) is 35.2 Å². The third kappa shape index (κ3) is 2.43. The van der Waals surface area contributed by atoms with Crippen LogP contribution in [0.15, 0.2) is 18.7 Å². The molecule has 102 valence electrons. The minimum atomic E-state index is 0.0561. The zero-order chi connectivity index (χ0) is 14.1. The van der Waals surface area contributed by atoms with Gasteiger partial charge >= 0.3 is 6.01 Å². The highest BCUT2D eigenvalue weighted by atomic mass is 35.5. The van der Waals surface area contributed by atoms with E-state index in [1.807, 2.05) is 0 Å². The molecule has 0 unspecified atom stereocenters. The number of nitrogens with zero attached hydrogens (tertiary/aromatic N) is 5. The second-order valence-electron chi connectivity index (χ2n) is 4.55. The maximum Gasteiger partial charge on any atom is 0.318 e. The molecule has 2 aromatic rings. The first-order chi connectivity index (χ1) is 9.65. The van der Waals surface area contributed by atoms with Gasteiger partial charge in [-0.05, 0) is 12.8 Å². The topological polar surface area (TPSA) is 83.2 Å². The Morgan fingerprint density at radius 1 is 1.45 bits per heavy atom. The first kappa shape index (κ1) is 12.8. The summed E-state index contributed by atoms with van der Waals surface area (Å²) in [5.41, 5.74) is 5.70. The first-order valence-electron chi connectivity index (χ1n) is 6.02. The summed E-state index contributed by atoms with van der Waals surface area (Å²) in [4.78, 5) is 15.4. The second-order valence-corrected chi connectivity index (χ2v) is 4.95. The van der Waals surface area contributed by atoms with Gasteiger partial charge in [-0.2, -0.15) is 4.98 Å². The van der Waals surface area contributed by atoms with Gasteiger partial charge in [0.15, 0.2) is 12.1 Å². The normalized spacial score (nSPS) is 21.1. The molecule has 0 atom stereocenters. The maximum atomic E-state index is 6.91. The molecule has 2 aromatic heterocycles. The van der Waals surface area contributed by atoms with Gasteiger partial charge in [-0.15, -0.1) is 4.98 Å². The predicted molar refractivity (Wildman–Crippen MR) is 72.1 cm³/mol. The Hall–Kier alpha value is -2.17. The molecule has 0 spiro atoms. The quantitative estimate of drug-likeness (QED) is 0.871. The third-order valence-corrected chi connectivity index (χ3v) is 3.30. The standard InChI is InChI=1S/C12H11ClN6O/c1-15-10-5-19(6-17-10)11-9(13)4-16-12(18-11)20-8-2-7(14)3-8/h4-8H,2-3,14H2. The molecule has 0 radical (unpaired) electrons. The van der Waals surface area contributed by atoms with Gasteiger partial charge in [0.2, 0.25) is 0 Å². The number of aromatic nitrogens is 4. The van der Waals surface area contributed by atoms with E-state index in [9.17, 15) is 0 Å². The van der Waals surface area contributed by atoms with Crippen molar-refractivity contribution in [1.82, 2.24) is 19.5 Å². The van der Waals surface area contributed by atoms with Crippen LogP contribution in [0.25, 0.3) is 10.7 Å². The first-order valence-corrected chi connectivity index (χ1v) is 6.40. The number of hydrogen-bond donors (Lipinski definition) is 1. The monoisotopic (exact) mass is 290 g/mol. The molecule has 1 saturated carbocycles. The van der Waals surface area contributed by atoms with Gasteiger partial charge in [0.05, 0.1) is 6.20 Å². The Balaban J connectivity index is 1.85. The van der Waals surface area contributed by atoms with Crippen molar-refractivity contribution in [2.24, 2.45) is 5.73 Å². The molecular weight excluding hydrogens is 280 g/mol. The summed E-state index contributed by atoms with van der Waals surface area (Å²) >= 11 is 6.06. The van der Waals surface area contributed by atoms with E-state index in [-0.39, 0.29) is 24.0 Å². The van der Waals surface area contributed by atoms with Crippen molar-refractivity contribution in [3.8, 4) is 11.8 Å². The molecule has 1 aliphatic rings. The number of hydrogen-bond acceptors (Lipinski definition) is 5. The average Bonchev–Trinajstić information content (AvgIpc) is 2.87. The van der Waals surface area contributed by atoms with Crippen molar-refractivity contribution in [1.29, 1.82) is 0 Å². The molecule has 2 heterocycles. The number of nitrogens with two attached hydrogens (primary N) is 1. The molecule has 20 heavy (non-hydrogen) atoms. The number of imidazole rings is 1. The molecular formula is C12H11ClN6O. The van der Waals surface area contributed by atoms with E-state index in [4.69, 9.17) is 28.6 Å². The lowest BCUT2D eigenvalue weighted by Gasteiger charge is -2.31. The smallest absolute Gasteiger partial charge is 0.318 e. The molecule has 2 N–H and O–H groups in total. The van der Waals surface area contributed by atoms with E-state index in [0.717, 1.165) is 12.8 Å². The van der Waals surface area contributed by atoms with E-state index < -0.39 is 0 Å². The zero-order valence-electron chi connectivity index (χ0n) is 10.4. The summed E-state index contributed by atoms with van der Waals surface area (Å²) in [6.07, 6.45) is 6.15. The Labute approximate surface area is 120 Å². The molecule has 0 bridgehead atoms. The van der Waals surface area contributed by atoms with Crippen LogP contribution in [-0.4, -0.2) is 31.7 Å². The van der Waals surface area contributed by atoms with Gasteiger partial charge in [0.1, 0.15) is 11.1 Å². The van der Waals surface area contributed by atoms with Crippen molar-refractivity contribution in [3.63, 3.8) is 0 Å². The third-order valence-electron chi connectivity index (χ3n) is 3.03. The van der Waals surface area contributed by atoms with E-state index in [1.165, 1.54) is 12.5 Å². The van der Waals surface area contributed by atoms with Crippen LogP contribution in [0.2, 0.25) is 5.02 Å². The lowest BCUT2D eigenvalue weighted by Crippen LogP contribution is -2.43. The fourth-order valence-electron chi connectivity index (χ4n) is 1.92. The van der Waals surface area contributed by atoms with Crippen molar-refractivity contribution >= 4 is 17.4 Å². The summed E-state index contributed by atoms with van der Waals surface area (Å²) in [5, 5.41) is 0.358. The molecule has 0 amide bonds. The van der Waals surface area contributed by atoms with Crippen LogP contribution in [0.4, 0.5) is 5.82 Å². The average molecular weight is 291 g/mol. The van der Waals surface area contributed by atoms with Crippen LogP contribution in [0.5, 0.6) is 6.01 Å². The molecule has 7 nitrogen and oxygen atoms in total. The highest BCUT2D eigenvalue weighted by molar-refractivity contribution is 6.32. The van der Waals surface area contributed by atoms with E-state index in [2.05, 4.69) is 19.8 Å². The fourth-order valence-corrected chi connectivity index (χ4v) is 2.11. The number of halogens is 1. The van der Waals surface area contributed by atoms with Crippen LogP contribution in [0.1, 0.15) is 12.8 Å². The van der Waals surface area contributed by atoms with E-state index in [0.29, 0.717) is 10.8 Å². The number of ether oxygens (including phenoxy) is 1. The van der Waals surface area contributed by atoms with Gasteiger partial charge in [0, 0.05) is 12.2 Å². The lowest BCUT2D eigenvalue weighted by molar-refractivity contribution is 0.0904. The SMILES string of the molecule is [C-]#[N+]c1cn(-c2nc(OC3CC(N)C3)ncc2Cl)cn1. The van der Waals surface area contributed by atoms with Crippen molar-refractivity contribution in [2.75, 3.05) is 0 Å². The van der Waals surface area contributed by atoms with Crippen molar-refractivity contribution in [2.45, 2.75) is 25.0 Å². The number of rotatable bonds is 3. The maximum absolute atomic E-state index is 6.91. The zero-order valence-corrected chi connectivity index (χ0v) is 11.2. The molecule has 0 saturated heterocycles. The van der Waals surface area contributed by atoms with Crippen LogP contribution in [-0.2, 0) is 0 Å². The Morgan fingerprint density at radius 2 is 2.25 bits per heavy atom. The van der Waals surface area contributed by atoms with Crippen LogP contribution in [0.3, 0.4) is 0 Å². The molecule has 0 aromatic carbocycles. The summed E-state index contributed by atoms with van der Waals surface area (Å²) < 4.78 is 7.18. The van der Waals surface area contributed by atoms with Crippen LogP contribution >= 0.6 is 11.6 Å². The minimum Gasteiger partial charge on any atom is -0.460 e. The lowest BCUT2D eigenvalue weighted by atomic mass is 9.90. The van der Waals surface area contributed by atoms with Gasteiger partial charge in [-0.3, -0.25) is 4.57 Å². The van der Waals surface area contributed by atoms with Gasteiger partial charge in [-0.1, -0.05) is 18.2 Å². The Bertz CT molecular complexity index is 673. The van der Waals surface area contributed by atoms with Gasteiger partial charge in [0.25, 0.3) is 5.82 Å². The van der Waals surface area contributed by atoms with Crippen LogP contribution < -0.4 is 10.5 Å². The Morgan fingerprint density at radius 3 is 2.90 bits per heavy atom. The molecule has 3 rings (SSSR count). The summed E-state index contributed by atoms with van der Waals surface area (Å²) in [6.45, 7) is 6.91. The van der Waals surface area contributed by atoms with Gasteiger partial charge in [-0.25, -0.2) is 4.98 Å². The van der Waals surface area contributed by atoms with Crippen molar-refractivity contribution < 1.29 is 4.74 Å². The molecule has 8 heteroatoms. The summed E-state index contributed by atoms with van der Waals surface area (Å²) in [7, 11) is 0.